The number of hydrogen-bond donors (Lipinski definition) is 1. The maximum absolute atomic E-state index is 4.34. The van der Waals surface area contributed by atoms with Crippen LogP contribution in [0.4, 0.5) is 5.82 Å². The summed E-state index contributed by atoms with van der Waals surface area (Å²) < 4.78 is 0.831. The molecule has 1 aromatic heterocycles. The van der Waals surface area contributed by atoms with Crippen molar-refractivity contribution in [2.45, 2.75) is 33.2 Å². The standard InChI is InChI=1S/C11H18BrN3S/c1-4-16-6-5-8(2)13-11-7-10(12)14-9(3)15-11/h7-8H,4-6H2,1-3H3,(H,13,14,15). The Morgan fingerprint density at radius 3 is 2.88 bits per heavy atom. The molecule has 1 unspecified atom stereocenters. The summed E-state index contributed by atoms with van der Waals surface area (Å²) >= 11 is 5.34. The van der Waals surface area contributed by atoms with E-state index in [4.69, 9.17) is 0 Å². The summed E-state index contributed by atoms with van der Waals surface area (Å²) in [5.41, 5.74) is 0. The Morgan fingerprint density at radius 1 is 1.50 bits per heavy atom. The van der Waals surface area contributed by atoms with Gasteiger partial charge in [0.25, 0.3) is 0 Å². The third-order valence-electron chi connectivity index (χ3n) is 2.10. The monoisotopic (exact) mass is 303 g/mol. The lowest BCUT2D eigenvalue weighted by Gasteiger charge is -2.14. The van der Waals surface area contributed by atoms with E-state index in [0.717, 1.165) is 22.7 Å². The molecule has 1 aromatic rings. The molecule has 0 saturated heterocycles. The van der Waals surface area contributed by atoms with E-state index in [1.54, 1.807) is 0 Å². The van der Waals surface area contributed by atoms with Crippen LogP contribution in [-0.4, -0.2) is 27.5 Å². The second-order valence-electron chi connectivity index (χ2n) is 3.65. The predicted molar refractivity (Wildman–Crippen MR) is 75.2 cm³/mol. The molecule has 1 rings (SSSR count). The Kier molecular flexibility index (Phi) is 6.13. The normalized spacial score (nSPS) is 12.5. The lowest BCUT2D eigenvalue weighted by atomic mass is 10.2. The van der Waals surface area contributed by atoms with Gasteiger partial charge in [0.2, 0.25) is 0 Å². The zero-order chi connectivity index (χ0) is 12.0. The fourth-order valence-corrected chi connectivity index (χ4v) is 2.62. The highest BCUT2D eigenvalue weighted by molar-refractivity contribution is 9.10. The Bertz CT molecular complexity index is 313. The molecule has 0 aliphatic carbocycles. The maximum Gasteiger partial charge on any atom is 0.131 e. The largest absolute Gasteiger partial charge is 0.367 e. The number of nitrogens with one attached hydrogen (secondary N) is 1. The van der Waals surface area contributed by atoms with Crippen LogP contribution >= 0.6 is 27.7 Å². The van der Waals surface area contributed by atoms with Gasteiger partial charge in [-0.1, -0.05) is 6.92 Å². The van der Waals surface area contributed by atoms with E-state index >= 15 is 0 Å². The van der Waals surface area contributed by atoms with Crippen molar-refractivity contribution in [1.82, 2.24) is 9.97 Å². The van der Waals surface area contributed by atoms with Gasteiger partial charge in [-0.25, -0.2) is 9.97 Å². The van der Waals surface area contributed by atoms with Crippen LogP contribution in [0.5, 0.6) is 0 Å². The first-order valence-corrected chi connectivity index (χ1v) is 7.42. The molecule has 90 valence electrons. The van der Waals surface area contributed by atoms with Crippen molar-refractivity contribution in [3.05, 3.63) is 16.5 Å². The number of aromatic nitrogens is 2. The van der Waals surface area contributed by atoms with E-state index in [1.807, 2.05) is 24.8 Å². The number of hydrogen-bond acceptors (Lipinski definition) is 4. The topological polar surface area (TPSA) is 37.8 Å². The van der Waals surface area contributed by atoms with Gasteiger partial charge in [0.1, 0.15) is 16.2 Å². The molecule has 0 aliphatic rings. The van der Waals surface area contributed by atoms with Gasteiger partial charge in [0, 0.05) is 12.1 Å². The molecule has 0 aromatic carbocycles. The fourth-order valence-electron chi connectivity index (χ4n) is 1.33. The van der Waals surface area contributed by atoms with Gasteiger partial charge in [-0.15, -0.1) is 0 Å². The van der Waals surface area contributed by atoms with Crippen molar-refractivity contribution in [3.8, 4) is 0 Å². The first-order chi connectivity index (χ1) is 7.61. The Labute approximate surface area is 110 Å². The molecular formula is C11H18BrN3S. The fraction of sp³-hybridized carbons (Fsp3) is 0.636. The molecule has 1 atom stereocenters. The molecule has 5 heteroatoms. The minimum atomic E-state index is 0.445. The van der Waals surface area contributed by atoms with Crippen LogP contribution in [0.3, 0.4) is 0 Å². The molecule has 0 amide bonds. The van der Waals surface area contributed by atoms with Crippen LogP contribution in [0, 0.1) is 6.92 Å². The summed E-state index contributed by atoms with van der Waals surface area (Å²) in [6.07, 6.45) is 1.15. The Balaban J connectivity index is 2.45. The van der Waals surface area contributed by atoms with E-state index in [9.17, 15) is 0 Å². The summed E-state index contributed by atoms with van der Waals surface area (Å²) in [6, 6.07) is 2.36. The molecular weight excluding hydrogens is 286 g/mol. The van der Waals surface area contributed by atoms with Crippen molar-refractivity contribution in [2.24, 2.45) is 0 Å². The third-order valence-corrected chi connectivity index (χ3v) is 3.44. The summed E-state index contributed by atoms with van der Waals surface area (Å²) in [5, 5.41) is 3.39. The van der Waals surface area contributed by atoms with Gasteiger partial charge in [-0.05, 0) is 47.7 Å². The van der Waals surface area contributed by atoms with Crippen molar-refractivity contribution in [2.75, 3.05) is 16.8 Å². The zero-order valence-electron chi connectivity index (χ0n) is 9.96. The molecule has 0 aliphatic heterocycles. The van der Waals surface area contributed by atoms with Crippen molar-refractivity contribution in [3.63, 3.8) is 0 Å². The average molecular weight is 304 g/mol. The van der Waals surface area contributed by atoms with Crippen molar-refractivity contribution in [1.29, 1.82) is 0 Å². The van der Waals surface area contributed by atoms with Crippen LogP contribution in [-0.2, 0) is 0 Å². The summed E-state index contributed by atoms with van der Waals surface area (Å²) in [4.78, 5) is 8.52. The van der Waals surface area contributed by atoms with Crippen LogP contribution in [0.2, 0.25) is 0 Å². The summed E-state index contributed by atoms with van der Waals surface area (Å²) in [6.45, 7) is 6.27. The zero-order valence-corrected chi connectivity index (χ0v) is 12.4. The second kappa shape index (κ2) is 7.12. The number of thioether (sulfide) groups is 1. The van der Waals surface area contributed by atoms with Crippen LogP contribution in [0.15, 0.2) is 10.7 Å². The van der Waals surface area contributed by atoms with Crippen LogP contribution in [0.25, 0.3) is 0 Å². The van der Waals surface area contributed by atoms with E-state index in [1.165, 1.54) is 11.5 Å². The van der Waals surface area contributed by atoms with Gasteiger partial charge >= 0.3 is 0 Å². The van der Waals surface area contributed by atoms with Gasteiger partial charge in [0.05, 0.1) is 0 Å². The molecule has 0 bridgehead atoms. The lowest BCUT2D eigenvalue weighted by Crippen LogP contribution is -2.17. The summed E-state index contributed by atoms with van der Waals surface area (Å²) in [5.74, 6) is 4.06. The van der Waals surface area contributed by atoms with Crippen LogP contribution < -0.4 is 5.32 Å². The molecule has 3 nitrogen and oxygen atoms in total. The quantitative estimate of drug-likeness (QED) is 0.645. The lowest BCUT2D eigenvalue weighted by molar-refractivity contribution is 0.764. The Morgan fingerprint density at radius 2 is 2.25 bits per heavy atom. The first-order valence-electron chi connectivity index (χ1n) is 5.47. The molecule has 0 spiro atoms. The first kappa shape index (κ1) is 13.8. The SMILES string of the molecule is CCSCCC(C)Nc1cc(Br)nc(C)n1. The number of aryl methyl sites for hydroxylation is 1. The molecule has 16 heavy (non-hydrogen) atoms. The number of anilines is 1. The molecule has 0 radical (unpaired) electrons. The number of nitrogens with zero attached hydrogens (tertiary/aromatic N) is 2. The number of halogens is 1. The van der Waals surface area contributed by atoms with E-state index in [0.29, 0.717) is 6.04 Å². The molecule has 1 N–H and O–H groups in total. The predicted octanol–water partition coefficient (Wildman–Crippen LogP) is 3.49. The third kappa shape index (κ3) is 5.16. The minimum Gasteiger partial charge on any atom is -0.367 e. The van der Waals surface area contributed by atoms with E-state index in [-0.39, 0.29) is 0 Å². The molecule has 1 heterocycles. The van der Waals surface area contributed by atoms with Crippen LogP contribution in [0.1, 0.15) is 26.1 Å². The molecule has 0 fully saturated rings. The highest BCUT2D eigenvalue weighted by Crippen LogP contribution is 2.14. The number of rotatable bonds is 6. The second-order valence-corrected chi connectivity index (χ2v) is 5.86. The maximum atomic E-state index is 4.34. The van der Waals surface area contributed by atoms with Gasteiger partial charge in [-0.3, -0.25) is 0 Å². The highest BCUT2D eigenvalue weighted by Gasteiger charge is 2.04. The average Bonchev–Trinajstić information content (AvgIpc) is 2.16. The van der Waals surface area contributed by atoms with E-state index in [2.05, 4.69) is 45.1 Å². The minimum absolute atomic E-state index is 0.445. The smallest absolute Gasteiger partial charge is 0.131 e. The van der Waals surface area contributed by atoms with Gasteiger partial charge < -0.3 is 5.32 Å². The highest BCUT2D eigenvalue weighted by atomic mass is 79.9. The van der Waals surface area contributed by atoms with Gasteiger partial charge in [0.15, 0.2) is 0 Å². The summed E-state index contributed by atoms with van der Waals surface area (Å²) in [7, 11) is 0. The van der Waals surface area contributed by atoms with Crippen molar-refractivity contribution >= 4 is 33.5 Å². The van der Waals surface area contributed by atoms with E-state index < -0.39 is 0 Å². The van der Waals surface area contributed by atoms with Gasteiger partial charge in [-0.2, -0.15) is 11.8 Å². The molecule has 0 saturated carbocycles. The van der Waals surface area contributed by atoms with Crippen molar-refractivity contribution < 1.29 is 0 Å². The Hall–Kier alpha value is -0.290.